The highest BCUT2D eigenvalue weighted by Crippen LogP contribution is 2.18. The topological polar surface area (TPSA) is 74.3 Å². The molecule has 0 radical (unpaired) electrons. The predicted molar refractivity (Wildman–Crippen MR) is 103 cm³/mol. The zero-order valence-corrected chi connectivity index (χ0v) is 16.5. The van der Waals surface area contributed by atoms with E-state index in [1.54, 1.807) is 0 Å². The summed E-state index contributed by atoms with van der Waals surface area (Å²) in [6, 6.07) is 2.95. The molecule has 1 rings (SSSR count). The fourth-order valence-corrected chi connectivity index (χ4v) is 2.86. The van der Waals surface area contributed by atoms with Gasteiger partial charge in [0.05, 0.1) is 0 Å². The summed E-state index contributed by atoms with van der Waals surface area (Å²) in [5.41, 5.74) is 0.444. The third-order valence-electron chi connectivity index (χ3n) is 3.96. The summed E-state index contributed by atoms with van der Waals surface area (Å²) < 4.78 is 0. The van der Waals surface area contributed by atoms with Crippen LogP contribution >= 0.6 is 23.2 Å². The summed E-state index contributed by atoms with van der Waals surface area (Å²) in [6.07, 6.45) is 1.18. The lowest BCUT2D eigenvalue weighted by molar-refractivity contribution is 0.0964. The molecular formula is C17H26Cl2N4O2. The van der Waals surface area contributed by atoms with Crippen LogP contribution in [0.2, 0.25) is 5.15 Å². The van der Waals surface area contributed by atoms with Crippen LogP contribution in [-0.2, 0) is 0 Å². The molecule has 2 amide bonds. The average molecular weight is 389 g/mol. The molecule has 2 N–H and O–H groups in total. The maximum atomic E-state index is 12.5. The Morgan fingerprint density at radius 2 is 1.96 bits per heavy atom. The third-order valence-corrected chi connectivity index (χ3v) is 4.35. The molecule has 1 heterocycles. The molecule has 1 atom stereocenters. The van der Waals surface area contributed by atoms with Crippen molar-refractivity contribution in [3.63, 3.8) is 0 Å². The molecule has 8 heteroatoms. The summed E-state index contributed by atoms with van der Waals surface area (Å²) in [5.74, 6) is 0.525. The molecule has 0 saturated heterocycles. The summed E-state index contributed by atoms with van der Waals surface area (Å²) in [4.78, 5) is 30.4. The van der Waals surface area contributed by atoms with Crippen LogP contribution in [0.1, 0.15) is 44.0 Å². The van der Waals surface area contributed by atoms with E-state index in [0.29, 0.717) is 30.5 Å². The van der Waals surface area contributed by atoms with Gasteiger partial charge in [0.15, 0.2) is 5.78 Å². The lowest BCUT2D eigenvalue weighted by Crippen LogP contribution is -2.33. The number of Topliss-reactive ketones (excluding diaryl/α,β-unsaturated/α-hetero) is 1. The van der Waals surface area contributed by atoms with Gasteiger partial charge in [0.1, 0.15) is 11.0 Å². The molecule has 1 aromatic rings. The van der Waals surface area contributed by atoms with Crippen molar-refractivity contribution in [2.45, 2.75) is 39.7 Å². The van der Waals surface area contributed by atoms with E-state index in [1.165, 1.54) is 12.1 Å². The molecule has 0 spiro atoms. The number of alkyl halides is 1. The molecule has 1 aromatic heterocycles. The van der Waals surface area contributed by atoms with E-state index < -0.39 is 6.03 Å². The fraction of sp³-hybridized carbons (Fsp3) is 0.588. The second kappa shape index (κ2) is 11.3. The number of carbonyl (C=O) groups is 2. The van der Waals surface area contributed by atoms with E-state index >= 15 is 0 Å². The SMILES string of the molecule is CCN(CC)[C@@H](C)CCC(=O)c1cc(Cl)nc(NC(=O)NCCCl)c1. The number of rotatable bonds is 10. The molecule has 140 valence electrons. The summed E-state index contributed by atoms with van der Waals surface area (Å²) in [7, 11) is 0. The van der Waals surface area contributed by atoms with Crippen molar-refractivity contribution in [2.24, 2.45) is 0 Å². The number of pyridine rings is 1. The normalized spacial score (nSPS) is 12.1. The second-order valence-corrected chi connectivity index (χ2v) is 6.43. The van der Waals surface area contributed by atoms with Gasteiger partial charge in [0.25, 0.3) is 0 Å². The Morgan fingerprint density at radius 3 is 2.56 bits per heavy atom. The lowest BCUT2D eigenvalue weighted by Gasteiger charge is -2.26. The van der Waals surface area contributed by atoms with E-state index in [4.69, 9.17) is 23.2 Å². The average Bonchev–Trinajstić information content (AvgIpc) is 2.58. The standard InChI is InChI=1S/C17H26Cl2N4O2/c1-4-23(5-2)12(3)6-7-14(24)13-10-15(19)21-16(11-13)22-17(25)20-9-8-18/h10-12H,4-9H2,1-3H3,(H2,20,21,22,25)/t12-/m0/s1. The smallest absolute Gasteiger partial charge is 0.320 e. The quantitative estimate of drug-likeness (QED) is 0.363. The summed E-state index contributed by atoms with van der Waals surface area (Å²) in [6.45, 7) is 8.59. The molecule has 25 heavy (non-hydrogen) atoms. The highest BCUT2D eigenvalue weighted by atomic mass is 35.5. The number of nitrogens with one attached hydrogen (secondary N) is 2. The molecule has 0 bridgehead atoms. The minimum Gasteiger partial charge on any atom is -0.337 e. The van der Waals surface area contributed by atoms with Gasteiger partial charge >= 0.3 is 6.03 Å². The van der Waals surface area contributed by atoms with Crippen LogP contribution in [0.3, 0.4) is 0 Å². The molecule has 0 aliphatic rings. The van der Waals surface area contributed by atoms with Gasteiger partial charge in [-0.1, -0.05) is 25.4 Å². The third kappa shape index (κ3) is 7.59. The molecule has 0 saturated carbocycles. The Kier molecular flexibility index (Phi) is 9.78. The maximum absolute atomic E-state index is 12.5. The zero-order valence-electron chi connectivity index (χ0n) is 14.9. The largest absolute Gasteiger partial charge is 0.337 e. The number of hydrogen-bond acceptors (Lipinski definition) is 4. The zero-order chi connectivity index (χ0) is 18.8. The van der Waals surface area contributed by atoms with Crippen molar-refractivity contribution in [3.8, 4) is 0 Å². The Morgan fingerprint density at radius 1 is 1.28 bits per heavy atom. The van der Waals surface area contributed by atoms with Gasteiger partial charge in [0, 0.05) is 30.5 Å². The first-order chi connectivity index (χ1) is 11.9. The van der Waals surface area contributed by atoms with Gasteiger partial charge < -0.3 is 10.2 Å². The van der Waals surface area contributed by atoms with Crippen molar-refractivity contribution < 1.29 is 9.59 Å². The van der Waals surface area contributed by atoms with E-state index in [1.807, 2.05) is 0 Å². The van der Waals surface area contributed by atoms with Crippen molar-refractivity contribution in [2.75, 3.05) is 30.8 Å². The van der Waals surface area contributed by atoms with Crippen molar-refractivity contribution in [1.29, 1.82) is 0 Å². The molecule has 0 aliphatic heterocycles. The number of aromatic nitrogens is 1. The molecule has 0 aromatic carbocycles. The minimum atomic E-state index is -0.441. The summed E-state index contributed by atoms with van der Waals surface area (Å²) in [5, 5.41) is 5.27. The van der Waals surface area contributed by atoms with Gasteiger partial charge in [-0.3, -0.25) is 10.1 Å². The number of amides is 2. The van der Waals surface area contributed by atoms with Gasteiger partial charge in [-0.15, -0.1) is 11.6 Å². The Bertz CT molecular complexity index is 580. The van der Waals surface area contributed by atoms with E-state index in [-0.39, 0.29) is 16.8 Å². The number of nitrogens with zero attached hydrogens (tertiary/aromatic N) is 2. The van der Waals surface area contributed by atoms with Gasteiger partial charge in [-0.05, 0) is 38.6 Å². The number of halogens is 2. The van der Waals surface area contributed by atoms with Gasteiger partial charge in [-0.25, -0.2) is 9.78 Å². The van der Waals surface area contributed by atoms with Gasteiger partial charge in [0.2, 0.25) is 0 Å². The number of anilines is 1. The molecule has 0 fully saturated rings. The van der Waals surface area contributed by atoms with Crippen molar-refractivity contribution in [1.82, 2.24) is 15.2 Å². The van der Waals surface area contributed by atoms with Crippen LogP contribution in [-0.4, -0.2) is 53.3 Å². The van der Waals surface area contributed by atoms with Crippen LogP contribution in [0, 0.1) is 0 Å². The Labute approximate surface area is 159 Å². The second-order valence-electron chi connectivity index (χ2n) is 5.67. The molecule has 0 unspecified atom stereocenters. The Balaban J connectivity index is 2.71. The van der Waals surface area contributed by atoms with E-state index in [2.05, 4.69) is 41.3 Å². The molecule has 6 nitrogen and oxygen atoms in total. The van der Waals surface area contributed by atoms with E-state index in [9.17, 15) is 9.59 Å². The predicted octanol–water partition coefficient (Wildman–Crippen LogP) is 3.79. The fourth-order valence-electron chi connectivity index (χ4n) is 2.56. The molecule has 0 aliphatic carbocycles. The Hall–Kier alpha value is -1.37. The number of hydrogen-bond donors (Lipinski definition) is 2. The monoisotopic (exact) mass is 388 g/mol. The highest BCUT2D eigenvalue weighted by molar-refractivity contribution is 6.30. The first-order valence-corrected chi connectivity index (χ1v) is 9.38. The van der Waals surface area contributed by atoms with Crippen LogP contribution < -0.4 is 10.6 Å². The molecular weight excluding hydrogens is 363 g/mol. The maximum Gasteiger partial charge on any atom is 0.320 e. The van der Waals surface area contributed by atoms with Crippen molar-refractivity contribution >= 4 is 40.8 Å². The number of urea groups is 1. The number of ketones is 1. The first kappa shape index (κ1) is 21.7. The highest BCUT2D eigenvalue weighted by Gasteiger charge is 2.15. The van der Waals surface area contributed by atoms with Gasteiger partial charge in [-0.2, -0.15) is 0 Å². The van der Waals surface area contributed by atoms with E-state index in [0.717, 1.165) is 19.5 Å². The van der Waals surface area contributed by atoms with Crippen LogP contribution in [0.5, 0.6) is 0 Å². The van der Waals surface area contributed by atoms with Crippen LogP contribution in [0.15, 0.2) is 12.1 Å². The summed E-state index contributed by atoms with van der Waals surface area (Å²) >= 11 is 11.5. The van der Waals surface area contributed by atoms with Crippen LogP contribution in [0.25, 0.3) is 0 Å². The lowest BCUT2D eigenvalue weighted by atomic mass is 10.0. The first-order valence-electron chi connectivity index (χ1n) is 8.46. The van der Waals surface area contributed by atoms with Crippen LogP contribution in [0.4, 0.5) is 10.6 Å². The number of carbonyl (C=O) groups excluding carboxylic acids is 2. The minimum absolute atomic E-state index is 0.0208. The van der Waals surface area contributed by atoms with Crippen molar-refractivity contribution in [3.05, 3.63) is 22.8 Å².